The first-order chi connectivity index (χ1) is 12.8. The number of benzene rings is 1. The third kappa shape index (κ3) is 3.38. The van der Waals surface area contributed by atoms with Gasteiger partial charge < -0.3 is 5.11 Å². The third-order valence-corrected chi connectivity index (χ3v) is 6.11. The number of halogens is 3. The topological polar surface area (TPSA) is 59.3 Å². The molecule has 4 rings (SSSR count). The van der Waals surface area contributed by atoms with Crippen molar-refractivity contribution in [1.82, 2.24) is 4.57 Å². The van der Waals surface area contributed by atoms with Crippen molar-refractivity contribution >= 4 is 17.7 Å². The van der Waals surface area contributed by atoms with Crippen LogP contribution in [0.15, 0.2) is 40.2 Å². The molecule has 0 saturated heterocycles. The zero-order valence-electron chi connectivity index (χ0n) is 14.1. The number of nitrogens with zero attached hydrogens (tertiary/aromatic N) is 1. The van der Waals surface area contributed by atoms with Gasteiger partial charge in [0.05, 0.1) is 10.6 Å². The molecule has 1 atom stereocenters. The predicted octanol–water partition coefficient (Wildman–Crippen LogP) is 4.07. The highest BCUT2D eigenvalue weighted by molar-refractivity contribution is 7.99. The fourth-order valence-corrected chi connectivity index (χ4v) is 4.97. The molecule has 27 heavy (non-hydrogen) atoms. The zero-order chi connectivity index (χ0) is 19.3. The van der Waals surface area contributed by atoms with Gasteiger partial charge in [-0.3, -0.25) is 9.36 Å². The van der Waals surface area contributed by atoms with Gasteiger partial charge in [0.1, 0.15) is 6.04 Å². The SMILES string of the molecule is O=C(O)C1CSc2c(C3CC3)c(Cc3cccc(C(F)(F)F)c3)cc(=O)n21. The lowest BCUT2D eigenvalue weighted by Crippen LogP contribution is -2.29. The second-order valence-electron chi connectivity index (χ2n) is 6.91. The molecule has 142 valence electrons. The van der Waals surface area contributed by atoms with Crippen molar-refractivity contribution in [3.8, 4) is 0 Å². The van der Waals surface area contributed by atoms with Crippen LogP contribution < -0.4 is 5.56 Å². The van der Waals surface area contributed by atoms with Crippen molar-refractivity contribution in [2.24, 2.45) is 0 Å². The Bertz CT molecular complexity index is 979. The Hall–Kier alpha value is -2.22. The first kappa shape index (κ1) is 18.2. The highest BCUT2D eigenvalue weighted by Gasteiger charge is 2.37. The fourth-order valence-electron chi connectivity index (χ4n) is 3.55. The van der Waals surface area contributed by atoms with Crippen molar-refractivity contribution in [2.75, 3.05) is 5.75 Å². The highest BCUT2D eigenvalue weighted by Crippen LogP contribution is 2.48. The minimum absolute atomic E-state index is 0.219. The van der Waals surface area contributed by atoms with Crippen LogP contribution in [0.1, 0.15) is 47.1 Å². The minimum atomic E-state index is -4.42. The summed E-state index contributed by atoms with van der Waals surface area (Å²) in [6, 6.07) is 5.62. The monoisotopic (exact) mass is 395 g/mol. The molecule has 2 aromatic rings. The fraction of sp³-hybridized carbons (Fsp3) is 0.368. The maximum Gasteiger partial charge on any atom is 0.416 e. The number of aromatic nitrogens is 1. The van der Waals surface area contributed by atoms with Gasteiger partial charge in [0.15, 0.2) is 0 Å². The summed E-state index contributed by atoms with van der Waals surface area (Å²) in [7, 11) is 0. The molecule has 0 amide bonds. The molecule has 1 aliphatic heterocycles. The molecule has 1 aliphatic carbocycles. The summed E-state index contributed by atoms with van der Waals surface area (Å²) in [5.74, 6) is -0.513. The molecule has 1 aromatic carbocycles. The van der Waals surface area contributed by atoms with E-state index < -0.39 is 29.3 Å². The standard InChI is InChI=1S/C19H16F3NO3S/c20-19(21,22)13-3-1-2-10(7-13)6-12-8-15(24)23-14(18(25)26)9-27-17(23)16(12)11-4-5-11/h1-3,7-8,11,14H,4-6,9H2,(H,25,26). The molecule has 2 aliphatic rings. The number of rotatable bonds is 4. The van der Waals surface area contributed by atoms with Crippen LogP contribution in [0, 0.1) is 0 Å². The second kappa shape index (κ2) is 6.44. The van der Waals surface area contributed by atoms with E-state index in [1.165, 1.54) is 28.5 Å². The predicted molar refractivity (Wildman–Crippen MR) is 94.3 cm³/mol. The molecular formula is C19H16F3NO3S. The Morgan fingerprint density at radius 3 is 2.63 bits per heavy atom. The second-order valence-corrected chi connectivity index (χ2v) is 7.92. The molecule has 0 spiro atoms. The third-order valence-electron chi connectivity index (χ3n) is 4.94. The summed E-state index contributed by atoms with van der Waals surface area (Å²) < 4.78 is 40.3. The number of fused-ring (bicyclic) bond motifs is 1. The van der Waals surface area contributed by atoms with E-state index in [1.54, 1.807) is 6.07 Å². The van der Waals surface area contributed by atoms with E-state index in [-0.39, 0.29) is 18.1 Å². The van der Waals surface area contributed by atoms with Crippen molar-refractivity contribution in [3.05, 3.63) is 62.9 Å². The van der Waals surface area contributed by atoms with Crippen LogP contribution in [0.2, 0.25) is 0 Å². The molecule has 1 saturated carbocycles. The maximum absolute atomic E-state index is 13.0. The van der Waals surface area contributed by atoms with Crippen LogP contribution >= 0.6 is 11.8 Å². The van der Waals surface area contributed by atoms with Crippen molar-refractivity contribution in [3.63, 3.8) is 0 Å². The number of carbonyl (C=O) groups is 1. The number of pyridine rings is 1. The Morgan fingerprint density at radius 1 is 1.26 bits per heavy atom. The molecule has 8 heteroatoms. The molecule has 1 fully saturated rings. The van der Waals surface area contributed by atoms with Gasteiger partial charge in [0, 0.05) is 11.8 Å². The number of thioether (sulfide) groups is 1. The average Bonchev–Trinajstić information content (AvgIpc) is 3.31. The quantitative estimate of drug-likeness (QED) is 0.848. The van der Waals surface area contributed by atoms with Gasteiger partial charge in [-0.2, -0.15) is 13.2 Å². The van der Waals surface area contributed by atoms with Crippen LogP contribution in [-0.4, -0.2) is 21.4 Å². The van der Waals surface area contributed by atoms with Crippen LogP contribution in [0.25, 0.3) is 0 Å². The summed E-state index contributed by atoms with van der Waals surface area (Å²) in [5.41, 5.74) is 0.987. The van der Waals surface area contributed by atoms with Crippen molar-refractivity contribution in [1.29, 1.82) is 0 Å². The minimum Gasteiger partial charge on any atom is -0.480 e. The Balaban J connectivity index is 1.78. The van der Waals surface area contributed by atoms with E-state index in [1.807, 2.05) is 0 Å². The number of carboxylic acid groups (broad SMARTS) is 1. The van der Waals surface area contributed by atoms with Crippen LogP contribution in [0.4, 0.5) is 13.2 Å². The van der Waals surface area contributed by atoms with E-state index in [9.17, 15) is 27.9 Å². The normalized spacial score (nSPS) is 19.1. The molecule has 1 N–H and O–H groups in total. The van der Waals surface area contributed by atoms with Gasteiger partial charge in [0.25, 0.3) is 5.56 Å². The van der Waals surface area contributed by atoms with E-state index in [0.29, 0.717) is 16.2 Å². The lowest BCUT2D eigenvalue weighted by molar-refractivity contribution is -0.140. The number of carboxylic acids is 1. The highest BCUT2D eigenvalue weighted by atomic mass is 32.2. The Morgan fingerprint density at radius 2 is 2.00 bits per heavy atom. The summed E-state index contributed by atoms with van der Waals surface area (Å²) in [5, 5.41) is 10.0. The molecule has 1 unspecified atom stereocenters. The molecule has 0 bridgehead atoms. The van der Waals surface area contributed by atoms with Gasteiger partial charge >= 0.3 is 12.1 Å². The van der Waals surface area contributed by atoms with Gasteiger partial charge in [-0.05, 0) is 47.9 Å². The smallest absolute Gasteiger partial charge is 0.416 e. The van der Waals surface area contributed by atoms with Crippen LogP contribution in [0.5, 0.6) is 0 Å². The van der Waals surface area contributed by atoms with Crippen molar-refractivity contribution < 1.29 is 23.1 Å². The Labute approximate surface area is 157 Å². The molecular weight excluding hydrogens is 379 g/mol. The van der Waals surface area contributed by atoms with E-state index >= 15 is 0 Å². The number of alkyl halides is 3. The average molecular weight is 395 g/mol. The molecule has 4 nitrogen and oxygen atoms in total. The van der Waals surface area contributed by atoms with Crippen LogP contribution in [0.3, 0.4) is 0 Å². The maximum atomic E-state index is 13.0. The summed E-state index contributed by atoms with van der Waals surface area (Å²) in [6.45, 7) is 0. The summed E-state index contributed by atoms with van der Waals surface area (Å²) in [4.78, 5) is 24.0. The number of aliphatic carboxylic acids is 1. The zero-order valence-corrected chi connectivity index (χ0v) is 14.9. The molecule has 2 heterocycles. The lowest BCUT2D eigenvalue weighted by atomic mass is 9.97. The number of hydrogen-bond donors (Lipinski definition) is 1. The van der Waals surface area contributed by atoms with Crippen molar-refractivity contribution in [2.45, 2.75) is 42.4 Å². The molecule has 1 aromatic heterocycles. The van der Waals surface area contributed by atoms with E-state index in [0.717, 1.165) is 30.5 Å². The van der Waals surface area contributed by atoms with Crippen LogP contribution in [-0.2, 0) is 17.4 Å². The largest absolute Gasteiger partial charge is 0.480 e. The van der Waals surface area contributed by atoms with Gasteiger partial charge in [-0.15, -0.1) is 11.8 Å². The number of hydrogen-bond acceptors (Lipinski definition) is 3. The van der Waals surface area contributed by atoms with Gasteiger partial charge in [0.2, 0.25) is 0 Å². The van der Waals surface area contributed by atoms with Gasteiger partial charge in [-0.1, -0.05) is 18.2 Å². The lowest BCUT2D eigenvalue weighted by Gasteiger charge is -2.16. The summed E-state index contributed by atoms with van der Waals surface area (Å²) in [6.07, 6.45) is -2.31. The Kier molecular flexibility index (Phi) is 4.33. The van der Waals surface area contributed by atoms with Gasteiger partial charge in [-0.25, -0.2) is 4.79 Å². The first-order valence-electron chi connectivity index (χ1n) is 8.55. The van der Waals surface area contributed by atoms with E-state index in [4.69, 9.17) is 0 Å². The first-order valence-corrected chi connectivity index (χ1v) is 9.54. The summed E-state index contributed by atoms with van der Waals surface area (Å²) >= 11 is 1.35. The molecule has 0 radical (unpaired) electrons. The van der Waals surface area contributed by atoms with E-state index in [2.05, 4.69) is 0 Å².